The molecule has 0 saturated carbocycles. The van der Waals surface area contributed by atoms with Crippen LogP contribution in [0.2, 0.25) is 0 Å². The Morgan fingerprint density at radius 3 is 2.50 bits per heavy atom. The maximum absolute atomic E-state index is 5.36. The van der Waals surface area contributed by atoms with Crippen molar-refractivity contribution in [3.63, 3.8) is 0 Å². The first-order chi connectivity index (χ1) is 7.69. The van der Waals surface area contributed by atoms with Gasteiger partial charge in [0.15, 0.2) is 8.68 Å². The molecule has 0 N–H and O–H groups in total. The third-order valence-corrected chi connectivity index (χ3v) is 4.80. The van der Waals surface area contributed by atoms with Crippen LogP contribution in [0.1, 0.15) is 24.0 Å². The van der Waals surface area contributed by atoms with E-state index in [9.17, 15) is 0 Å². The SMILES string of the molecule is CSc1nnc(S[C@H](C)c2nnc(C)o2)s1. The molecule has 0 saturated heterocycles. The first-order valence-corrected chi connectivity index (χ1v) is 7.45. The lowest BCUT2D eigenvalue weighted by Gasteiger charge is -2.01. The van der Waals surface area contributed by atoms with E-state index in [-0.39, 0.29) is 5.25 Å². The summed E-state index contributed by atoms with van der Waals surface area (Å²) >= 11 is 4.75. The van der Waals surface area contributed by atoms with Gasteiger partial charge in [0.2, 0.25) is 11.8 Å². The number of nitrogens with zero attached hydrogens (tertiary/aromatic N) is 4. The third-order valence-electron chi connectivity index (χ3n) is 1.73. The lowest BCUT2D eigenvalue weighted by atomic mass is 10.5. The van der Waals surface area contributed by atoms with E-state index in [4.69, 9.17) is 4.42 Å². The van der Waals surface area contributed by atoms with Crippen molar-refractivity contribution in [1.82, 2.24) is 20.4 Å². The van der Waals surface area contributed by atoms with Crippen molar-refractivity contribution < 1.29 is 4.42 Å². The highest BCUT2D eigenvalue weighted by atomic mass is 32.2. The van der Waals surface area contributed by atoms with E-state index in [1.165, 1.54) is 0 Å². The highest BCUT2D eigenvalue weighted by molar-refractivity contribution is 8.03. The van der Waals surface area contributed by atoms with E-state index < -0.39 is 0 Å². The molecule has 2 aromatic rings. The fourth-order valence-electron chi connectivity index (χ4n) is 1.01. The van der Waals surface area contributed by atoms with Gasteiger partial charge in [-0.15, -0.1) is 20.4 Å². The van der Waals surface area contributed by atoms with Crippen molar-refractivity contribution in [2.45, 2.75) is 27.8 Å². The van der Waals surface area contributed by atoms with Gasteiger partial charge in [-0.3, -0.25) is 0 Å². The molecule has 0 unspecified atom stereocenters. The minimum atomic E-state index is 0.101. The molecule has 0 spiro atoms. The molecule has 2 aromatic heterocycles. The molecule has 2 rings (SSSR count). The average Bonchev–Trinajstić information content (AvgIpc) is 2.87. The lowest BCUT2D eigenvalue weighted by Crippen LogP contribution is -1.88. The Labute approximate surface area is 105 Å². The van der Waals surface area contributed by atoms with Crippen molar-refractivity contribution in [1.29, 1.82) is 0 Å². The van der Waals surface area contributed by atoms with Crippen LogP contribution >= 0.6 is 34.9 Å². The second-order valence-corrected chi connectivity index (χ2v) is 6.58. The molecule has 0 amide bonds. The second kappa shape index (κ2) is 5.15. The van der Waals surface area contributed by atoms with Crippen LogP contribution in [0.4, 0.5) is 0 Å². The van der Waals surface area contributed by atoms with Crippen LogP contribution in [0.15, 0.2) is 13.1 Å². The maximum Gasteiger partial charge on any atom is 0.229 e. The summed E-state index contributed by atoms with van der Waals surface area (Å²) in [5.74, 6) is 1.22. The molecule has 0 bridgehead atoms. The first-order valence-electron chi connectivity index (χ1n) is 4.53. The molecule has 5 nitrogen and oxygen atoms in total. The summed E-state index contributed by atoms with van der Waals surface area (Å²) in [5.41, 5.74) is 0. The van der Waals surface area contributed by atoms with Gasteiger partial charge in [0, 0.05) is 6.92 Å². The number of hydrogen-bond donors (Lipinski definition) is 0. The number of aryl methyl sites for hydroxylation is 1. The van der Waals surface area contributed by atoms with Crippen LogP contribution in [0, 0.1) is 6.92 Å². The second-order valence-electron chi connectivity index (χ2n) is 2.96. The summed E-state index contributed by atoms with van der Waals surface area (Å²) < 4.78 is 7.25. The van der Waals surface area contributed by atoms with E-state index >= 15 is 0 Å². The Hall–Kier alpha value is -0.600. The maximum atomic E-state index is 5.36. The standard InChI is InChI=1S/C8H10N4OS3/c1-4(6-10-9-5(2)13-6)15-8-12-11-7(14-3)16-8/h4H,1-3H3/t4-/m1/s1. The van der Waals surface area contributed by atoms with E-state index in [1.807, 2.05) is 13.2 Å². The molecular formula is C8H10N4OS3. The van der Waals surface area contributed by atoms with Gasteiger partial charge in [0.25, 0.3) is 0 Å². The molecule has 2 heterocycles. The van der Waals surface area contributed by atoms with E-state index in [1.54, 1.807) is 41.8 Å². The van der Waals surface area contributed by atoms with Crippen molar-refractivity contribution in [2.75, 3.05) is 6.26 Å². The molecule has 0 aromatic carbocycles. The Balaban J connectivity index is 2.04. The summed E-state index contributed by atoms with van der Waals surface area (Å²) in [5, 5.41) is 16.0. The Kier molecular flexibility index (Phi) is 3.82. The van der Waals surface area contributed by atoms with Gasteiger partial charge in [-0.05, 0) is 13.2 Å². The molecule has 0 radical (unpaired) electrons. The number of aromatic nitrogens is 4. The van der Waals surface area contributed by atoms with E-state index in [2.05, 4.69) is 20.4 Å². The number of hydrogen-bond acceptors (Lipinski definition) is 8. The Morgan fingerprint density at radius 1 is 1.19 bits per heavy atom. The van der Waals surface area contributed by atoms with Gasteiger partial charge in [-0.2, -0.15) is 0 Å². The predicted octanol–water partition coefficient (Wildman–Crippen LogP) is 2.80. The molecule has 0 aliphatic carbocycles. The zero-order valence-corrected chi connectivity index (χ0v) is 11.4. The molecule has 0 fully saturated rings. The summed E-state index contributed by atoms with van der Waals surface area (Å²) in [7, 11) is 0. The normalized spacial score (nSPS) is 12.9. The fraction of sp³-hybridized carbons (Fsp3) is 0.500. The molecule has 8 heteroatoms. The van der Waals surface area contributed by atoms with Gasteiger partial charge < -0.3 is 4.42 Å². The largest absolute Gasteiger partial charge is 0.424 e. The topological polar surface area (TPSA) is 64.7 Å². The van der Waals surface area contributed by atoms with Gasteiger partial charge in [-0.1, -0.05) is 34.9 Å². The highest BCUT2D eigenvalue weighted by Crippen LogP contribution is 2.37. The van der Waals surface area contributed by atoms with Crippen LogP contribution in [-0.4, -0.2) is 26.7 Å². The smallest absolute Gasteiger partial charge is 0.229 e. The molecule has 0 aliphatic heterocycles. The van der Waals surface area contributed by atoms with Crippen molar-refractivity contribution >= 4 is 34.9 Å². The van der Waals surface area contributed by atoms with Crippen LogP contribution in [-0.2, 0) is 0 Å². The average molecular weight is 274 g/mol. The van der Waals surface area contributed by atoms with Crippen LogP contribution in [0.5, 0.6) is 0 Å². The molecule has 1 atom stereocenters. The van der Waals surface area contributed by atoms with Gasteiger partial charge in [0.05, 0.1) is 5.25 Å². The summed E-state index contributed by atoms with van der Waals surface area (Å²) in [6.45, 7) is 3.79. The number of thioether (sulfide) groups is 2. The first kappa shape index (κ1) is 11.9. The van der Waals surface area contributed by atoms with E-state index in [0.29, 0.717) is 11.8 Å². The monoisotopic (exact) mass is 274 g/mol. The Morgan fingerprint density at radius 2 is 1.94 bits per heavy atom. The quantitative estimate of drug-likeness (QED) is 0.794. The van der Waals surface area contributed by atoms with Crippen LogP contribution in [0.3, 0.4) is 0 Å². The predicted molar refractivity (Wildman–Crippen MR) is 65.0 cm³/mol. The van der Waals surface area contributed by atoms with Gasteiger partial charge in [0.1, 0.15) is 0 Å². The number of rotatable bonds is 4. The van der Waals surface area contributed by atoms with Gasteiger partial charge >= 0.3 is 0 Å². The summed E-state index contributed by atoms with van der Waals surface area (Å²) in [6.07, 6.45) is 1.99. The lowest BCUT2D eigenvalue weighted by molar-refractivity contribution is 0.470. The zero-order valence-electron chi connectivity index (χ0n) is 9.00. The molecular weight excluding hydrogens is 264 g/mol. The van der Waals surface area contributed by atoms with Crippen molar-refractivity contribution in [3.8, 4) is 0 Å². The zero-order chi connectivity index (χ0) is 11.5. The van der Waals surface area contributed by atoms with Crippen LogP contribution in [0.25, 0.3) is 0 Å². The highest BCUT2D eigenvalue weighted by Gasteiger charge is 2.16. The van der Waals surface area contributed by atoms with Crippen molar-refractivity contribution in [2.24, 2.45) is 0 Å². The minimum absolute atomic E-state index is 0.101. The third kappa shape index (κ3) is 2.74. The summed E-state index contributed by atoms with van der Waals surface area (Å²) in [6, 6.07) is 0. The van der Waals surface area contributed by atoms with Crippen LogP contribution < -0.4 is 0 Å². The molecule has 0 aliphatic rings. The van der Waals surface area contributed by atoms with Crippen molar-refractivity contribution in [3.05, 3.63) is 11.8 Å². The summed E-state index contributed by atoms with van der Waals surface area (Å²) in [4.78, 5) is 0. The fourth-order valence-corrected chi connectivity index (χ4v) is 3.62. The molecule has 16 heavy (non-hydrogen) atoms. The van der Waals surface area contributed by atoms with E-state index in [0.717, 1.165) is 8.68 Å². The Bertz CT molecular complexity index is 469. The molecule has 86 valence electrons. The van der Waals surface area contributed by atoms with Gasteiger partial charge in [-0.25, -0.2) is 0 Å². The minimum Gasteiger partial charge on any atom is -0.424 e.